The largest absolute Gasteiger partial charge is 0.492 e. The monoisotopic (exact) mass is 371 g/mol. The molecule has 26 heavy (non-hydrogen) atoms. The molecule has 0 aromatic heterocycles. The van der Waals surface area contributed by atoms with Gasteiger partial charge in [0.15, 0.2) is 0 Å². The van der Waals surface area contributed by atoms with Crippen molar-refractivity contribution in [2.45, 2.75) is 18.9 Å². The van der Waals surface area contributed by atoms with Crippen molar-refractivity contribution >= 4 is 23.5 Å². The number of rotatable bonds is 2. The molecule has 0 saturated carbocycles. The van der Waals surface area contributed by atoms with Gasteiger partial charge in [-0.25, -0.2) is 0 Å². The zero-order valence-electron chi connectivity index (χ0n) is 14.0. The zero-order chi connectivity index (χ0) is 18.3. The molecule has 2 atom stereocenters. The van der Waals surface area contributed by atoms with Gasteiger partial charge in [0.1, 0.15) is 12.4 Å². The number of carbonyl (C=O) groups is 2. The molecule has 2 aliphatic heterocycles. The van der Waals surface area contributed by atoms with Crippen molar-refractivity contribution in [1.82, 2.24) is 4.90 Å². The average Bonchev–Trinajstić information content (AvgIpc) is 2.65. The highest BCUT2D eigenvalue weighted by molar-refractivity contribution is 6.30. The van der Waals surface area contributed by atoms with E-state index in [9.17, 15) is 14.7 Å². The molecule has 2 heterocycles. The molecule has 2 unspecified atom stereocenters. The van der Waals surface area contributed by atoms with Crippen LogP contribution in [0.1, 0.15) is 22.6 Å². The third-order valence-corrected chi connectivity index (χ3v) is 5.32. The van der Waals surface area contributed by atoms with Gasteiger partial charge in [0.05, 0.1) is 11.8 Å². The number of benzene rings is 2. The number of halogens is 1. The van der Waals surface area contributed by atoms with Crippen LogP contribution in [0.4, 0.5) is 0 Å². The van der Waals surface area contributed by atoms with Gasteiger partial charge in [-0.1, -0.05) is 35.9 Å². The van der Waals surface area contributed by atoms with Gasteiger partial charge in [0.2, 0.25) is 5.91 Å². The number of hydrogen-bond donors (Lipinski definition) is 1. The number of aliphatic carboxylic acids is 1. The van der Waals surface area contributed by atoms with E-state index in [0.29, 0.717) is 24.6 Å². The number of amides is 1. The molecule has 134 valence electrons. The minimum atomic E-state index is -0.910. The second-order valence-corrected chi connectivity index (χ2v) is 7.21. The van der Waals surface area contributed by atoms with Gasteiger partial charge in [-0.2, -0.15) is 0 Å². The second-order valence-electron chi connectivity index (χ2n) is 6.77. The quantitative estimate of drug-likeness (QED) is 0.880. The number of hydrogen-bond acceptors (Lipinski definition) is 3. The lowest BCUT2D eigenvalue weighted by atomic mass is 9.88. The third kappa shape index (κ3) is 3.03. The molecule has 0 bridgehead atoms. The molecule has 2 aliphatic rings. The van der Waals surface area contributed by atoms with Gasteiger partial charge < -0.3 is 14.7 Å². The lowest BCUT2D eigenvalue weighted by Crippen LogP contribution is -2.45. The summed E-state index contributed by atoms with van der Waals surface area (Å²) in [5, 5.41) is 10.2. The van der Waals surface area contributed by atoms with E-state index in [0.717, 1.165) is 22.4 Å². The van der Waals surface area contributed by atoms with Crippen molar-refractivity contribution in [3.05, 3.63) is 64.2 Å². The van der Waals surface area contributed by atoms with Gasteiger partial charge in [0, 0.05) is 18.1 Å². The molecule has 6 heteroatoms. The molecule has 0 aliphatic carbocycles. The first-order valence-corrected chi connectivity index (χ1v) is 8.91. The average molecular weight is 372 g/mol. The van der Waals surface area contributed by atoms with Crippen LogP contribution in [0.3, 0.4) is 0 Å². The maximum absolute atomic E-state index is 13.0. The maximum Gasteiger partial charge on any atom is 0.312 e. The molecule has 0 spiro atoms. The second kappa shape index (κ2) is 6.65. The molecule has 1 amide bonds. The molecule has 0 fully saturated rings. The van der Waals surface area contributed by atoms with Crippen molar-refractivity contribution in [3.63, 3.8) is 0 Å². The van der Waals surface area contributed by atoms with Gasteiger partial charge in [-0.3, -0.25) is 9.59 Å². The molecular weight excluding hydrogens is 354 g/mol. The highest BCUT2D eigenvalue weighted by Gasteiger charge is 2.36. The Balaban J connectivity index is 1.57. The zero-order valence-corrected chi connectivity index (χ0v) is 14.8. The van der Waals surface area contributed by atoms with E-state index in [1.54, 1.807) is 11.0 Å². The summed E-state index contributed by atoms with van der Waals surface area (Å²) < 4.78 is 5.72. The van der Waals surface area contributed by atoms with Crippen LogP contribution >= 0.6 is 11.6 Å². The summed E-state index contributed by atoms with van der Waals surface area (Å²) in [6.07, 6.45) is 0.546. The van der Waals surface area contributed by atoms with Gasteiger partial charge in [-0.15, -0.1) is 0 Å². The number of carboxylic acids is 1. The predicted octanol–water partition coefficient (Wildman–Crippen LogP) is 3.10. The molecule has 1 N–H and O–H groups in total. The first-order chi connectivity index (χ1) is 12.5. The summed E-state index contributed by atoms with van der Waals surface area (Å²) in [6, 6.07) is 12.8. The van der Waals surface area contributed by atoms with Crippen LogP contribution in [-0.4, -0.2) is 35.0 Å². The Labute approximate surface area is 156 Å². The van der Waals surface area contributed by atoms with Gasteiger partial charge in [-0.05, 0) is 41.3 Å². The SMILES string of the molecule is O=C(O)C1CN(C(=O)C2COc3ccc(Cl)cc3C2)Cc2ccccc21. The maximum atomic E-state index is 13.0. The first-order valence-electron chi connectivity index (χ1n) is 8.53. The smallest absolute Gasteiger partial charge is 0.312 e. The molecule has 2 aromatic rings. The van der Waals surface area contributed by atoms with Crippen LogP contribution in [0.25, 0.3) is 0 Å². The van der Waals surface area contributed by atoms with Crippen LogP contribution in [0, 0.1) is 5.92 Å². The Morgan fingerprint density at radius 2 is 1.96 bits per heavy atom. The van der Waals surface area contributed by atoms with E-state index in [1.807, 2.05) is 36.4 Å². The van der Waals surface area contributed by atoms with Crippen LogP contribution in [0.15, 0.2) is 42.5 Å². The Morgan fingerprint density at radius 3 is 2.77 bits per heavy atom. The summed E-state index contributed by atoms with van der Waals surface area (Å²) in [5.41, 5.74) is 2.59. The molecule has 2 aromatic carbocycles. The van der Waals surface area contributed by atoms with E-state index in [4.69, 9.17) is 16.3 Å². The summed E-state index contributed by atoms with van der Waals surface area (Å²) in [5.74, 6) is -1.26. The van der Waals surface area contributed by atoms with Crippen LogP contribution in [-0.2, 0) is 22.6 Å². The van der Waals surface area contributed by atoms with Crippen molar-refractivity contribution in [2.24, 2.45) is 5.92 Å². The molecule has 5 nitrogen and oxygen atoms in total. The summed E-state index contributed by atoms with van der Waals surface area (Å²) >= 11 is 6.05. The van der Waals surface area contributed by atoms with Crippen molar-refractivity contribution < 1.29 is 19.4 Å². The fraction of sp³-hybridized carbons (Fsp3) is 0.300. The molecule has 4 rings (SSSR count). The molecule has 0 saturated heterocycles. The van der Waals surface area contributed by atoms with E-state index >= 15 is 0 Å². The Kier molecular flexibility index (Phi) is 4.32. The lowest BCUT2D eigenvalue weighted by Gasteiger charge is -2.36. The Hall–Kier alpha value is -2.53. The van der Waals surface area contributed by atoms with E-state index < -0.39 is 11.9 Å². The lowest BCUT2D eigenvalue weighted by molar-refractivity contribution is -0.143. The minimum absolute atomic E-state index is 0.0728. The summed E-state index contributed by atoms with van der Waals surface area (Å²) in [6.45, 7) is 0.908. The standard InChI is InChI=1S/C20H18ClNO4/c21-15-5-6-18-13(8-15)7-14(11-26-18)19(23)22-9-12-3-1-2-4-16(12)17(10-22)20(24)25/h1-6,8,14,17H,7,9-11H2,(H,24,25). The van der Waals surface area contributed by atoms with E-state index in [2.05, 4.69) is 0 Å². The highest BCUT2D eigenvalue weighted by Crippen LogP contribution is 2.33. The Morgan fingerprint density at radius 1 is 1.15 bits per heavy atom. The van der Waals surface area contributed by atoms with Gasteiger partial charge in [0.25, 0.3) is 0 Å². The predicted molar refractivity (Wildman–Crippen MR) is 96.4 cm³/mol. The molecular formula is C20H18ClNO4. The highest BCUT2D eigenvalue weighted by atomic mass is 35.5. The summed E-state index contributed by atoms with van der Waals surface area (Å²) in [7, 11) is 0. The summed E-state index contributed by atoms with van der Waals surface area (Å²) in [4.78, 5) is 26.4. The number of ether oxygens (including phenoxy) is 1. The number of carboxylic acid groups (broad SMARTS) is 1. The topological polar surface area (TPSA) is 66.8 Å². The fourth-order valence-corrected chi connectivity index (χ4v) is 3.96. The normalized spacial score (nSPS) is 21.3. The fourth-order valence-electron chi connectivity index (χ4n) is 3.77. The third-order valence-electron chi connectivity index (χ3n) is 5.08. The number of fused-ring (bicyclic) bond motifs is 2. The minimum Gasteiger partial charge on any atom is -0.492 e. The van der Waals surface area contributed by atoms with Crippen molar-refractivity contribution in [1.29, 1.82) is 0 Å². The van der Waals surface area contributed by atoms with Crippen LogP contribution in [0.2, 0.25) is 5.02 Å². The van der Waals surface area contributed by atoms with E-state index in [1.165, 1.54) is 0 Å². The van der Waals surface area contributed by atoms with Crippen LogP contribution in [0.5, 0.6) is 5.75 Å². The molecule has 0 radical (unpaired) electrons. The Bertz CT molecular complexity index is 882. The first kappa shape index (κ1) is 16.9. The van der Waals surface area contributed by atoms with Crippen LogP contribution < -0.4 is 4.74 Å². The number of carbonyl (C=O) groups excluding carboxylic acids is 1. The van der Waals surface area contributed by atoms with Gasteiger partial charge >= 0.3 is 5.97 Å². The number of nitrogens with zero attached hydrogens (tertiary/aromatic N) is 1. The van der Waals surface area contributed by atoms with Crippen molar-refractivity contribution in [2.75, 3.05) is 13.2 Å². The van der Waals surface area contributed by atoms with E-state index in [-0.39, 0.29) is 18.4 Å². The van der Waals surface area contributed by atoms with Crippen molar-refractivity contribution in [3.8, 4) is 5.75 Å².